The Kier molecular flexibility index (Phi) is 7.40. The van der Waals surface area contributed by atoms with E-state index in [1.807, 2.05) is 43.3 Å². The van der Waals surface area contributed by atoms with E-state index >= 15 is 0 Å². The fourth-order valence-electron chi connectivity index (χ4n) is 4.91. The molecule has 0 bridgehead atoms. The smallest absolute Gasteiger partial charge is 0.408 e. The number of aliphatic carboxylic acids is 1. The average Bonchev–Trinajstić information content (AvgIpc) is 3.17. The molecule has 0 spiro atoms. The molecule has 3 N–H and O–H groups in total. The van der Waals surface area contributed by atoms with Gasteiger partial charge in [0.1, 0.15) is 12.1 Å². The van der Waals surface area contributed by atoms with Gasteiger partial charge in [-0.15, -0.1) is 0 Å². The lowest BCUT2D eigenvalue weighted by Gasteiger charge is -2.35. The highest BCUT2D eigenvalue weighted by atomic mass is 16.5. The lowest BCUT2D eigenvalue weighted by Crippen LogP contribution is -2.60. The summed E-state index contributed by atoms with van der Waals surface area (Å²) in [7, 11) is 0. The first-order valence-electron chi connectivity index (χ1n) is 12.1. The Bertz CT molecular complexity index is 1060. The van der Waals surface area contributed by atoms with E-state index in [-0.39, 0.29) is 43.4 Å². The topological polar surface area (TPSA) is 114 Å². The van der Waals surface area contributed by atoms with E-state index in [9.17, 15) is 19.5 Å². The Hall–Kier alpha value is -3.39. The van der Waals surface area contributed by atoms with Crippen LogP contribution in [0, 0.1) is 5.92 Å². The minimum absolute atomic E-state index is 0.0751. The molecule has 186 valence electrons. The molecule has 1 heterocycles. The van der Waals surface area contributed by atoms with Crippen LogP contribution >= 0.6 is 0 Å². The van der Waals surface area contributed by atoms with Gasteiger partial charge in [0.05, 0.1) is 13.0 Å². The molecule has 8 heteroatoms. The van der Waals surface area contributed by atoms with Crippen LogP contribution in [0.4, 0.5) is 4.79 Å². The number of benzene rings is 2. The standard InChI is InChI=1S/C27H32N2O6/c1-3-27(2,25(32)28-23-12-13-34-15-17(23)14-24(30)31)29-26(33)35-16-22-20-10-6-4-8-18(20)19-9-5-7-11-21(19)22/h4-11,17,22-23H,3,12-16H2,1-2H3,(H,28,32)(H,29,33)(H,30,31). The number of rotatable bonds is 8. The van der Waals surface area contributed by atoms with Crippen LogP contribution in [0.15, 0.2) is 48.5 Å². The first-order valence-corrected chi connectivity index (χ1v) is 12.1. The molecule has 2 aromatic carbocycles. The maximum Gasteiger partial charge on any atom is 0.408 e. The van der Waals surface area contributed by atoms with E-state index in [0.717, 1.165) is 22.3 Å². The summed E-state index contributed by atoms with van der Waals surface area (Å²) < 4.78 is 11.0. The van der Waals surface area contributed by atoms with Crippen LogP contribution < -0.4 is 10.6 Å². The van der Waals surface area contributed by atoms with Crippen molar-refractivity contribution in [2.45, 2.75) is 50.6 Å². The summed E-state index contributed by atoms with van der Waals surface area (Å²) in [6.45, 7) is 4.34. The number of nitrogens with one attached hydrogen (secondary N) is 2. The number of carboxylic acid groups (broad SMARTS) is 1. The predicted molar refractivity (Wildman–Crippen MR) is 130 cm³/mol. The van der Waals surface area contributed by atoms with Gasteiger partial charge in [-0.1, -0.05) is 55.5 Å². The van der Waals surface area contributed by atoms with Crippen LogP contribution in [-0.4, -0.2) is 54.5 Å². The normalized spacial score (nSPS) is 20.7. The van der Waals surface area contributed by atoms with Crippen LogP contribution in [0.3, 0.4) is 0 Å². The van der Waals surface area contributed by atoms with Crippen LogP contribution in [0.2, 0.25) is 0 Å². The molecule has 0 radical (unpaired) electrons. The molecule has 3 atom stereocenters. The number of alkyl carbamates (subject to hydrolysis) is 1. The van der Waals surface area contributed by atoms with Gasteiger partial charge in [-0.3, -0.25) is 9.59 Å². The molecule has 1 fully saturated rings. The van der Waals surface area contributed by atoms with Crippen molar-refractivity contribution in [1.82, 2.24) is 10.6 Å². The second-order valence-electron chi connectivity index (χ2n) is 9.44. The molecule has 4 rings (SSSR count). The van der Waals surface area contributed by atoms with Crippen LogP contribution in [0.1, 0.15) is 50.2 Å². The van der Waals surface area contributed by atoms with Crippen molar-refractivity contribution in [3.05, 3.63) is 59.7 Å². The summed E-state index contributed by atoms with van der Waals surface area (Å²) in [5, 5.41) is 14.9. The molecule has 1 aliphatic carbocycles. The van der Waals surface area contributed by atoms with E-state index in [1.165, 1.54) is 0 Å². The number of hydrogen-bond donors (Lipinski definition) is 3. The summed E-state index contributed by atoms with van der Waals surface area (Å²) in [6, 6.07) is 15.9. The second-order valence-corrected chi connectivity index (χ2v) is 9.44. The molecule has 3 unspecified atom stereocenters. The lowest BCUT2D eigenvalue weighted by atomic mass is 9.90. The summed E-state index contributed by atoms with van der Waals surface area (Å²) in [6.07, 6.45) is 0.109. The van der Waals surface area contributed by atoms with Crippen molar-refractivity contribution >= 4 is 18.0 Å². The minimum Gasteiger partial charge on any atom is -0.481 e. The van der Waals surface area contributed by atoms with E-state index < -0.39 is 17.6 Å². The highest BCUT2D eigenvalue weighted by Gasteiger charge is 2.38. The van der Waals surface area contributed by atoms with Gasteiger partial charge in [0.15, 0.2) is 0 Å². The van der Waals surface area contributed by atoms with Crippen LogP contribution in [0.5, 0.6) is 0 Å². The van der Waals surface area contributed by atoms with Gasteiger partial charge in [-0.25, -0.2) is 4.79 Å². The molecule has 35 heavy (non-hydrogen) atoms. The Morgan fingerprint density at radius 2 is 1.71 bits per heavy atom. The zero-order chi connectivity index (χ0) is 25.0. The van der Waals surface area contributed by atoms with E-state index in [1.54, 1.807) is 6.92 Å². The number of carboxylic acids is 1. The first kappa shape index (κ1) is 24.7. The van der Waals surface area contributed by atoms with Gasteiger partial charge in [0.2, 0.25) is 5.91 Å². The van der Waals surface area contributed by atoms with Crippen LogP contribution in [0.25, 0.3) is 11.1 Å². The fourth-order valence-corrected chi connectivity index (χ4v) is 4.91. The molecule has 8 nitrogen and oxygen atoms in total. The third kappa shape index (κ3) is 5.32. The van der Waals surface area contributed by atoms with Crippen molar-refractivity contribution < 1.29 is 29.0 Å². The van der Waals surface area contributed by atoms with Gasteiger partial charge in [0.25, 0.3) is 0 Å². The number of carbonyl (C=O) groups is 3. The molecule has 2 amide bonds. The summed E-state index contributed by atoms with van der Waals surface area (Å²) in [4.78, 5) is 37.1. The van der Waals surface area contributed by atoms with Crippen molar-refractivity contribution in [3.63, 3.8) is 0 Å². The second kappa shape index (κ2) is 10.5. The van der Waals surface area contributed by atoms with Crippen molar-refractivity contribution in [2.75, 3.05) is 19.8 Å². The molecule has 2 aliphatic rings. The number of amides is 2. The maximum absolute atomic E-state index is 13.1. The molecule has 2 aromatic rings. The maximum atomic E-state index is 13.1. The number of hydrogen-bond acceptors (Lipinski definition) is 5. The average molecular weight is 481 g/mol. The molecule has 0 saturated carbocycles. The Morgan fingerprint density at radius 3 is 2.31 bits per heavy atom. The zero-order valence-electron chi connectivity index (χ0n) is 20.1. The van der Waals surface area contributed by atoms with Gasteiger partial charge >= 0.3 is 12.1 Å². The molecular weight excluding hydrogens is 448 g/mol. The largest absolute Gasteiger partial charge is 0.481 e. The van der Waals surface area contributed by atoms with Gasteiger partial charge < -0.3 is 25.2 Å². The summed E-state index contributed by atoms with van der Waals surface area (Å²) in [5.74, 6) is -1.69. The SMILES string of the molecule is CCC(C)(NC(=O)OCC1c2ccccc2-c2ccccc21)C(=O)NC1CCOCC1CC(=O)O. The summed E-state index contributed by atoms with van der Waals surface area (Å²) >= 11 is 0. The number of fused-ring (bicyclic) bond motifs is 3. The monoisotopic (exact) mass is 480 g/mol. The minimum atomic E-state index is -1.20. The quantitative estimate of drug-likeness (QED) is 0.531. The van der Waals surface area contributed by atoms with Gasteiger partial charge in [-0.05, 0) is 42.0 Å². The third-order valence-electron chi connectivity index (χ3n) is 7.16. The van der Waals surface area contributed by atoms with Crippen LogP contribution in [-0.2, 0) is 19.1 Å². The highest BCUT2D eigenvalue weighted by Crippen LogP contribution is 2.44. The first-order chi connectivity index (χ1) is 16.8. The Labute approximate surface area is 205 Å². The molecule has 1 saturated heterocycles. The zero-order valence-corrected chi connectivity index (χ0v) is 20.1. The fraction of sp³-hybridized carbons (Fsp3) is 0.444. The number of carbonyl (C=O) groups excluding carboxylic acids is 2. The predicted octanol–water partition coefficient (Wildman–Crippen LogP) is 3.69. The third-order valence-corrected chi connectivity index (χ3v) is 7.16. The molecular formula is C27H32N2O6. The van der Waals surface area contributed by atoms with Crippen molar-refractivity contribution in [3.8, 4) is 11.1 Å². The Balaban J connectivity index is 1.39. The van der Waals surface area contributed by atoms with Gasteiger partial charge in [-0.2, -0.15) is 0 Å². The van der Waals surface area contributed by atoms with E-state index in [0.29, 0.717) is 19.4 Å². The van der Waals surface area contributed by atoms with E-state index in [4.69, 9.17) is 9.47 Å². The molecule has 0 aromatic heterocycles. The molecule has 1 aliphatic heterocycles. The Morgan fingerprint density at radius 1 is 1.09 bits per heavy atom. The van der Waals surface area contributed by atoms with E-state index in [2.05, 4.69) is 22.8 Å². The van der Waals surface area contributed by atoms with Crippen molar-refractivity contribution in [2.24, 2.45) is 5.92 Å². The lowest BCUT2D eigenvalue weighted by molar-refractivity contribution is -0.140. The van der Waals surface area contributed by atoms with Gasteiger partial charge in [0, 0.05) is 24.5 Å². The summed E-state index contributed by atoms with van der Waals surface area (Å²) in [5.41, 5.74) is 3.31. The van der Waals surface area contributed by atoms with Crippen molar-refractivity contribution in [1.29, 1.82) is 0 Å². The highest BCUT2D eigenvalue weighted by molar-refractivity contribution is 5.90. The number of ether oxygens (including phenoxy) is 2.